The summed E-state index contributed by atoms with van der Waals surface area (Å²) in [4.78, 5) is 35.7. The number of anilines is 1. The first-order valence-electron chi connectivity index (χ1n) is 8.90. The number of benzene rings is 2. The largest absolute Gasteiger partial charge is 0.493 e. The van der Waals surface area contributed by atoms with E-state index in [9.17, 15) is 14.4 Å². The highest BCUT2D eigenvalue weighted by atomic mass is 16.5. The van der Waals surface area contributed by atoms with Crippen LogP contribution in [0.4, 0.5) is 5.69 Å². The number of para-hydroxylation sites is 1. The molecule has 0 aromatic heterocycles. The Morgan fingerprint density at radius 1 is 1.00 bits per heavy atom. The summed E-state index contributed by atoms with van der Waals surface area (Å²) in [5.41, 5.74) is 1.58. The van der Waals surface area contributed by atoms with Gasteiger partial charge in [-0.15, -0.1) is 0 Å². The second kappa shape index (κ2) is 10.7. The van der Waals surface area contributed by atoms with E-state index in [1.165, 1.54) is 0 Å². The summed E-state index contributed by atoms with van der Waals surface area (Å²) in [7, 11) is 0. The zero-order valence-electron chi connectivity index (χ0n) is 15.9. The van der Waals surface area contributed by atoms with Crippen LogP contribution in [0.2, 0.25) is 0 Å². The van der Waals surface area contributed by atoms with Crippen LogP contribution in [-0.4, -0.2) is 37.7 Å². The van der Waals surface area contributed by atoms with Crippen LogP contribution in [0, 0.1) is 6.92 Å². The molecule has 2 aromatic rings. The molecule has 0 radical (unpaired) electrons. The summed E-state index contributed by atoms with van der Waals surface area (Å²) in [6, 6.07) is 13.9. The van der Waals surface area contributed by atoms with Crippen LogP contribution in [0.25, 0.3) is 0 Å². The lowest BCUT2D eigenvalue weighted by atomic mass is 10.2. The molecule has 0 aliphatic rings. The van der Waals surface area contributed by atoms with Crippen molar-refractivity contribution in [3.63, 3.8) is 0 Å². The number of amides is 1. The minimum Gasteiger partial charge on any atom is -0.493 e. The molecule has 2 rings (SSSR count). The number of carbonyl (C=O) groups is 3. The Bertz CT molecular complexity index is 833. The van der Waals surface area contributed by atoms with Gasteiger partial charge < -0.3 is 19.5 Å². The number of aryl methyl sites for hydroxylation is 1. The van der Waals surface area contributed by atoms with Gasteiger partial charge in [0.25, 0.3) is 5.91 Å². The standard InChI is InChI=1S/C21H23NO6/c1-3-26-21(25)17-9-4-5-10-18(17)22-19(23)14-28-20(24)11-12-27-16-8-6-7-15(2)13-16/h4-10,13H,3,11-12,14H2,1-2H3,(H,22,23). The van der Waals surface area contributed by atoms with Crippen molar-refractivity contribution in [2.24, 2.45) is 0 Å². The zero-order chi connectivity index (χ0) is 20.4. The number of esters is 2. The van der Waals surface area contributed by atoms with Crippen LogP contribution in [-0.2, 0) is 19.1 Å². The fourth-order valence-corrected chi connectivity index (χ4v) is 2.34. The first kappa shape index (κ1) is 21.0. The summed E-state index contributed by atoms with van der Waals surface area (Å²) in [6.07, 6.45) is 0.0145. The molecule has 2 aromatic carbocycles. The number of nitrogens with one attached hydrogen (secondary N) is 1. The molecule has 0 bridgehead atoms. The van der Waals surface area contributed by atoms with Gasteiger partial charge in [-0.1, -0.05) is 24.3 Å². The van der Waals surface area contributed by atoms with Crippen LogP contribution in [0.1, 0.15) is 29.3 Å². The molecule has 0 spiro atoms. The van der Waals surface area contributed by atoms with E-state index in [1.807, 2.05) is 25.1 Å². The minimum absolute atomic E-state index is 0.0145. The summed E-state index contributed by atoms with van der Waals surface area (Å²) in [5, 5.41) is 2.55. The molecule has 1 N–H and O–H groups in total. The number of hydrogen-bond acceptors (Lipinski definition) is 6. The maximum atomic E-state index is 12.0. The molecule has 0 saturated carbocycles. The van der Waals surface area contributed by atoms with Crippen LogP contribution in [0.3, 0.4) is 0 Å². The molecule has 0 aliphatic carbocycles. The quantitative estimate of drug-likeness (QED) is 0.667. The molecule has 148 valence electrons. The summed E-state index contributed by atoms with van der Waals surface area (Å²) in [5.74, 6) is -0.976. The molecule has 0 heterocycles. The van der Waals surface area contributed by atoms with E-state index >= 15 is 0 Å². The smallest absolute Gasteiger partial charge is 0.340 e. The summed E-state index contributed by atoms with van der Waals surface area (Å²) in [6.45, 7) is 3.56. The zero-order valence-corrected chi connectivity index (χ0v) is 15.9. The van der Waals surface area contributed by atoms with Crippen molar-refractivity contribution in [2.45, 2.75) is 20.3 Å². The van der Waals surface area contributed by atoms with E-state index < -0.39 is 24.5 Å². The number of rotatable bonds is 9. The van der Waals surface area contributed by atoms with Crippen LogP contribution in [0.15, 0.2) is 48.5 Å². The second-order valence-electron chi connectivity index (χ2n) is 5.89. The molecule has 1 amide bonds. The van der Waals surface area contributed by atoms with Crippen molar-refractivity contribution in [3.8, 4) is 5.75 Å². The normalized spacial score (nSPS) is 10.1. The number of ether oxygens (including phenoxy) is 3. The van der Waals surface area contributed by atoms with Gasteiger partial charge in [-0.05, 0) is 43.7 Å². The van der Waals surface area contributed by atoms with Crippen LogP contribution >= 0.6 is 0 Å². The third kappa shape index (κ3) is 6.75. The Morgan fingerprint density at radius 3 is 2.54 bits per heavy atom. The highest BCUT2D eigenvalue weighted by Gasteiger charge is 2.15. The maximum absolute atomic E-state index is 12.0. The van der Waals surface area contributed by atoms with Gasteiger partial charge in [-0.2, -0.15) is 0 Å². The molecule has 0 aliphatic heterocycles. The van der Waals surface area contributed by atoms with Crippen molar-refractivity contribution < 1.29 is 28.6 Å². The van der Waals surface area contributed by atoms with Gasteiger partial charge in [0.05, 0.1) is 30.9 Å². The molecule has 7 heteroatoms. The minimum atomic E-state index is -0.554. The third-order valence-corrected chi connectivity index (χ3v) is 3.63. The van der Waals surface area contributed by atoms with Gasteiger partial charge in [0.15, 0.2) is 6.61 Å². The van der Waals surface area contributed by atoms with Gasteiger partial charge in [0.2, 0.25) is 0 Å². The van der Waals surface area contributed by atoms with Crippen molar-refractivity contribution >= 4 is 23.5 Å². The summed E-state index contributed by atoms with van der Waals surface area (Å²) < 4.78 is 15.4. The first-order chi connectivity index (χ1) is 13.5. The Labute approximate surface area is 163 Å². The van der Waals surface area contributed by atoms with E-state index in [0.717, 1.165) is 5.56 Å². The number of carbonyl (C=O) groups excluding carboxylic acids is 3. The van der Waals surface area contributed by atoms with Gasteiger partial charge in [0.1, 0.15) is 5.75 Å². The lowest BCUT2D eigenvalue weighted by Gasteiger charge is -2.11. The van der Waals surface area contributed by atoms with E-state index in [2.05, 4.69) is 5.32 Å². The van der Waals surface area contributed by atoms with Gasteiger partial charge in [-0.3, -0.25) is 9.59 Å². The predicted octanol–water partition coefficient (Wildman–Crippen LogP) is 3.12. The molecular formula is C21H23NO6. The maximum Gasteiger partial charge on any atom is 0.340 e. The van der Waals surface area contributed by atoms with Gasteiger partial charge in [0, 0.05) is 0 Å². The monoisotopic (exact) mass is 385 g/mol. The topological polar surface area (TPSA) is 90.9 Å². The second-order valence-corrected chi connectivity index (χ2v) is 5.89. The Hall–Kier alpha value is -3.35. The fraction of sp³-hybridized carbons (Fsp3) is 0.286. The Balaban J connectivity index is 1.76. The lowest BCUT2D eigenvalue weighted by molar-refractivity contribution is -0.147. The third-order valence-electron chi connectivity index (χ3n) is 3.63. The van der Waals surface area contributed by atoms with Crippen LogP contribution in [0.5, 0.6) is 5.75 Å². The first-order valence-corrected chi connectivity index (χ1v) is 8.90. The Morgan fingerprint density at radius 2 is 1.79 bits per heavy atom. The van der Waals surface area contributed by atoms with Crippen molar-refractivity contribution in [3.05, 3.63) is 59.7 Å². The van der Waals surface area contributed by atoms with E-state index in [0.29, 0.717) is 11.4 Å². The molecular weight excluding hydrogens is 362 g/mol. The van der Waals surface area contributed by atoms with Crippen molar-refractivity contribution in [1.82, 2.24) is 0 Å². The molecule has 7 nitrogen and oxygen atoms in total. The lowest BCUT2D eigenvalue weighted by Crippen LogP contribution is -2.23. The predicted molar refractivity (Wildman–Crippen MR) is 103 cm³/mol. The molecule has 0 saturated heterocycles. The fourth-order valence-electron chi connectivity index (χ4n) is 2.34. The van der Waals surface area contributed by atoms with Gasteiger partial charge >= 0.3 is 11.9 Å². The highest BCUT2D eigenvalue weighted by molar-refractivity contribution is 6.01. The number of hydrogen-bond donors (Lipinski definition) is 1. The molecule has 0 unspecified atom stereocenters. The highest BCUT2D eigenvalue weighted by Crippen LogP contribution is 2.16. The summed E-state index contributed by atoms with van der Waals surface area (Å²) >= 11 is 0. The van der Waals surface area contributed by atoms with Crippen molar-refractivity contribution in [1.29, 1.82) is 0 Å². The van der Waals surface area contributed by atoms with Crippen LogP contribution < -0.4 is 10.1 Å². The average molecular weight is 385 g/mol. The van der Waals surface area contributed by atoms with E-state index in [1.54, 1.807) is 37.3 Å². The molecule has 0 fully saturated rings. The van der Waals surface area contributed by atoms with Crippen molar-refractivity contribution in [2.75, 3.05) is 25.1 Å². The molecule has 28 heavy (non-hydrogen) atoms. The average Bonchev–Trinajstić information content (AvgIpc) is 2.67. The molecule has 0 atom stereocenters. The SMILES string of the molecule is CCOC(=O)c1ccccc1NC(=O)COC(=O)CCOc1cccc(C)c1. The van der Waals surface area contributed by atoms with E-state index in [4.69, 9.17) is 14.2 Å². The van der Waals surface area contributed by atoms with E-state index in [-0.39, 0.29) is 25.2 Å². The van der Waals surface area contributed by atoms with Gasteiger partial charge in [-0.25, -0.2) is 4.79 Å². The Kier molecular flexibility index (Phi) is 8.02.